The van der Waals surface area contributed by atoms with Gasteiger partial charge < -0.3 is 0 Å². The van der Waals surface area contributed by atoms with Crippen LogP contribution in [-0.2, 0) is 4.79 Å². The van der Waals surface area contributed by atoms with Crippen LogP contribution >= 0.6 is 12.4 Å². The summed E-state index contributed by atoms with van der Waals surface area (Å²) in [5.41, 5.74) is -1.39. The van der Waals surface area contributed by atoms with Crippen molar-refractivity contribution in [2.45, 2.75) is 18.5 Å². The largest absolute Gasteiger partial charge is 0.300 e. The maximum absolute atomic E-state index is 11.9. The fourth-order valence-corrected chi connectivity index (χ4v) is 0.237. The number of hydrogen-bond donors (Lipinski definition) is 0. The minimum atomic E-state index is -1.39. The van der Waals surface area contributed by atoms with Gasteiger partial charge in [-0.3, -0.25) is 4.79 Å². The molecule has 3 heteroatoms. The van der Waals surface area contributed by atoms with E-state index in [1.165, 1.54) is 0 Å². The first kappa shape index (κ1) is 6.89. The van der Waals surface area contributed by atoms with Crippen molar-refractivity contribution in [1.29, 1.82) is 0 Å². The van der Waals surface area contributed by atoms with Crippen LogP contribution in [0, 0.1) is 0 Å². The molecule has 0 spiro atoms. The first-order valence-electron chi connectivity index (χ1n) is 1.92. The second kappa shape index (κ2) is 1.78. The molecule has 1 nitrogen and oxygen atoms in total. The van der Waals surface area contributed by atoms with E-state index in [1.54, 1.807) is 0 Å². The molecule has 42 valence electrons. The zero-order valence-corrected chi connectivity index (χ0v) is 4.50. The molecule has 0 heterocycles. The van der Waals surface area contributed by atoms with Crippen molar-refractivity contribution in [3.63, 3.8) is 0 Å². The molecule has 7 heavy (non-hydrogen) atoms. The smallest absolute Gasteiger partial charge is 0.166 e. The summed E-state index contributed by atoms with van der Waals surface area (Å²) in [4.78, 5) is 9.51. The van der Waals surface area contributed by atoms with Crippen molar-refractivity contribution < 1.29 is 9.18 Å². The van der Waals surface area contributed by atoms with E-state index in [2.05, 4.69) is 0 Å². The Labute approximate surface area is 47.3 Å². The van der Waals surface area contributed by atoms with Crippen LogP contribution in [0.2, 0.25) is 0 Å². The Hall–Kier alpha value is -0.110. The summed E-state index contributed by atoms with van der Waals surface area (Å²) in [6.45, 7) is 0. The van der Waals surface area contributed by atoms with E-state index in [1.807, 2.05) is 0 Å². The van der Waals surface area contributed by atoms with E-state index in [0.29, 0.717) is 19.1 Å². The normalized spacial score (nSPS) is 22.4. The average molecular weight is 125 g/mol. The summed E-state index contributed by atoms with van der Waals surface area (Å²) in [6, 6.07) is 0. The molecule has 1 aliphatic rings. The van der Waals surface area contributed by atoms with Gasteiger partial charge in [-0.25, -0.2) is 4.39 Å². The van der Waals surface area contributed by atoms with Crippen molar-refractivity contribution in [3.05, 3.63) is 0 Å². The Morgan fingerprint density at radius 3 is 2.00 bits per heavy atom. The highest BCUT2D eigenvalue weighted by atomic mass is 35.5. The molecule has 0 aliphatic heterocycles. The molecule has 0 saturated heterocycles. The maximum Gasteiger partial charge on any atom is 0.166 e. The van der Waals surface area contributed by atoms with Gasteiger partial charge in [-0.05, 0) is 12.8 Å². The first-order valence-corrected chi connectivity index (χ1v) is 1.92. The van der Waals surface area contributed by atoms with Crippen LogP contribution < -0.4 is 0 Å². The van der Waals surface area contributed by atoms with E-state index in [0.717, 1.165) is 0 Å². The lowest BCUT2D eigenvalue weighted by molar-refractivity contribution is -0.113. The molecule has 0 aromatic carbocycles. The Kier molecular flexibility index (Phi) is 1.75. The zero-order chi connectivity index (χ0) is 4.62. The molecule has 1 rings (SSSR count). The van der Waals surface area contributed by atoms with Crippen LogP contribution in [0.3, 0.4) is 0 Å². The number of hydrogen-bond acceptors (Lipinski definition) is 1. The van der Waals surface area contributed by atoms with Crippen molar-refractivity contribution in [1.82, 2.24) is 0 Å². The Morgan fingerprint density at radius 1 is 1.57 bits per heavy atom. The van der Waals surface area contributed by atoms with Crippen LogP contribution in [0.5, 0.6) is 0 Å². The molecule has 0 amide bonds. The monoisotopic (exact) mass is 124 g/mol. The predicted octanol–water partition coefficient (Wildman–Crippen LogP) is 1.11. The van der Waals surface area contributed by atoms with Crippen molar-refractivity contribution >= 4 is 18.7 Å². The van der Waals surface area contributed by atoms with Crippen molar-refractivity contribution in [2.75, 3.05) is 0 Å². The van der Waals surface area contributed by atoms with Gasteiger partial charge in [0.15, 0.2) is 12.0 Å². The lowest BCUT2D eigenvalue weighted by Crippen LogP contribution is -1.97. The van der Waals surface area contributed by atoms with Gasteiger partial charge >= 0.3 is 0 Å². The molecule has 0 unspecified atom stereocenters. The van der Waals surface area contributed by atoms with Crippen molar-refractivity contribution in [2.24, 2.45) is 0 Å². The van der Waals surface area contributed by atoms with Crippen LogP contribution in [0.4, 0.5) is 4.39 Å². The Bertz CT molecular complexity index is 79.8. The third kappa shape index (κ3) is 1.43. The van der Waals surface area contributed by atoms with Gasteiger partial charge in [0.05, 0.1) is 0 Å². The fraction of sp³-hybridized carbons (Fsp3) is 0.750. The number of carbonyl (C=O) groups is 1. The quantitative estimate of drug-likeness (QED) is 0.479. The zero-order valence-electron chi connectivity index (χ0n) is 3.69. The lowest BCUT2D eigenvalue weighted by Gasteiger charge is -1.80. The van der Waals surface area contributed by atoms with E-state index >= 15 is 0 Å². The Balaban J connectivity index is 0.000000360. The molecule has 0 bridgehead atoms. The lowest BCUT2D eigenvalue weighted by atomic mass is 10.4. The summed E-state index contributed by atoms with van der Waals surface area (Å²) >= 11 is 0. The second-order valence-electron chi connectivity index (χ2n) is 1.65. The van der Waals surface area contributed by atoms with Crippen LogP contribution in [0.1, 0.15) is 12.8 Å². The molecule has 1 fully saturated rings. The standard InChI is InChI=1S/C4H5FO.ClH/c5-4(3-6)1-2-4;/h3H,1-2H2;1H. The summed E-state index contributed by atoms with van der Waals surface area (Å²) in [5.74, 6) is 0. The minimum absolute atomic E-state index is 0. The maximum atomic E-state index is 11.9. The second-order valence-corrected chi connectivity index (χ2v) is 1.65. The highest BCUT2D eigenvalue weighted by Crippen LogP contribution is 2.36. The minimum Gasteiger partial charge on any atom is -0.300 e. The molecule has 0 radical (unpaired) electrons. The summed E-state index contributed by atoms with van der Waals surface area (Å²) < 4.78 is 11.9. The van der Waals surface area contributed by atoms with Crippen LogP contribution in [-0.4, -0.2) is 12.0 Å². The van der Waals surface area contributed by atoms with Gasteiger partial charge in [0.1, 0.15) is 0 Å². The molecule has 0 atom stereocenters. The molecule has 0 aromatic heterocycles. The number of halogens is 2. The molecule has 0 N–H and O–H groups in total. The first-order chi connectivity index (χ1) is 2.77. The highest BCUT2D eigenvalue weighted by Gasteiger charge is 2.42. The van der Waals surface area contributed by atoms with Crippen LogP contribution in [0.15, 0.2) is 0 Å². The SMILES string of the molecule is Cl.O=CC1(F)CC1. The summed E-state index contributed by atoms with van der Waals surface area (Å²) in [7, 11) is 0. The fourth-order valence-electron chi connectivity index (χ4n) is 0.237. The third-order valence-corrected chi connectivity index (χ3v) is 0.939. The molecule has 1 aliphatic carbocycles. The summed E-state index contributed by atoms with van der Waals surface area (Å²) in [5, 5.41) is 0. The molecular weight excluding hydrogens is 118 g/mol. The van der Waals surface area contributed by atoms with Gasteiger partial charge in [-0.2, -0.15) is 0 Å². The number of carbonyl (C=O) groups excluding carboxylic acids is 1. The molecule has 0 aromatic rings. The van der Waals surface area contributed by atoms with Crippen molar-refractivity contribution in [3.8, 4) is 0 Å². The molecule has 1 saturated carbocycles. The van der Waals surface area contributed by atoms with Gasteiger partial charge in [0, 0.05) is 0 Å². The third-order valence-electron chi connectivity index (χ3n) is 0.939. The number of rotatable bonds is 1. The van der Waals surface area contributed by atoms with E-state index in [-0.39, 0.29) is 12.4 Å². The van der Waals surface area contributed by atoms with E-state index in [4.69, 9.17) is 0 Å². The average Bonchev–Trinajstić information content (AvgIpc) is 2.22. The summed E-state index contributed by atoms with van der Waals surface area (Å²) in [6.07, 6.45) is 1.26. The van der Waals surface area contributed by atoms with Gasteiger partial charge in [-0.15, -0.1) is 12.4 Å². The predicted molar refractivity (Wildman–Crippen MR) is 26.4 cm³/mol. The highest BCUT2D eigenvalue weighted by molar-refractivity contribution is 5.85. The van der Waals surface area contributed by atoms with Gasteiger partial charge in [0.25, 0.3) is 0 Å². The van der Waals surface area contributed by atoms with Crippen LogP contribution in [0.25, 0.3) is 0 Å². The topological polar surface area (TPSA) is 17.1 Å². The van der Waals surface area contributed by atoms with E-state index in [9.17, 15) is 9.18 Å². The van der Waals surface area contributed by atoms with Gasteiger partial charge in [-0.1, -0.05) is 0 Å². The Morgan fingerprint density at radius 2 is 2.00 bits per heavy atom. The number of alkyl halides is 1. The molecular formula is C4H6ClFO. The number of aldehydes is 1. The van der Waals surface area contributed by atoms with Gasteiger partial charge in [0.2, 0.25) is 0 Å². The van der Waals surface area contributed by atoms with E-state index < -0.39 is 5.67 Å².